The molecule has 2 aromatic rings. The Hall–Kier alpha value is -2.75. The number of benzene rings is 1. The average Bonchev–Trinajstić information content (AvgIpc) is 3.03. The van der Waals surface area contributed by atoms with Crippen molar-refractivity contribution in [2.24, 2.45) is 0 Å². The van der Waals surface area contributed by atoms with Crippen LogP contribution < -0.4 is 4.90 Å². The van der Waals surface area contributed by atoms with E-state index in [4.69, 9.17) is 4.74 Å². The zero-order valence-electron chi connectivity index (χ0n) is 12.5. The average molecular weight is 296 g/mol. The molecule has 1 N–H and O–H groups in total. The smallest absolute Gasteiger partial charge is 0.355 e. The van der Waals surface area contributed by atoms with Gasteiger partial charge in [0.05, 0.1) is 5.69 Å². The summed E-state index contributed by atoms with van der Waals surface area (Å²) in [5.74, 6) is -0.368. The molecule has 4 heteroatoms. The standard InChI is InChI=1S/C18H20N2O2/c1-3-10-20(11-4-2)16-12-17(19-13-16)18(21)22-14-15-8-6-5-7-9-15/h3-9,12-13,19H,1-2,10-11,14H2. The van der Waals surface area contributed by atoms with Crippen LogP contribution in [-0.4, -0.2) is 24.0 Å². The Morgan fingerprint density at radius 3 is 2.50 bits per heavy atom. The van der Waals surface area contributed by atoms with E-state index in [-0.39, 0.29) is 12.6 Å². The van der Waals surface area contributed by atoms with Gasteiger partial charge in [-0.2, -0.15) is 0 Å². The minimum atomic E-state index is -0.368. The van der Waals surface area contributed by atoms with E-state index >= 15 is 0 Å². The van der Waals surface area contributed by atoms with Crippen LogP contribution in [0.4, 0.5) is 5.69 Å². The summed E-state index contributed by atoms with van der Waals surface area (Å²) in [5, 5.41) is 0. The van der Waals surface area contributed by atoms with E-state index < -0.39 is 0 Å². The first kappa shape index (κ1) is 15.6. The topological polar surface area (TPSA) is 45.3 Å². The van der Waals surface area contributed by atoms with Gasteiger partial charge in [-0.05, 0) is 11.6 Å². The van der Waals surface area contributed by atoms with Crippen LogP contribution in [0.15, 0.2) is 67.9 Å². The van der Waals surface area contributed by atoms with E-state index in [1.54, 1.807) is 12.3 Å². The van der Waals surface area contributed by atoms with Gasteiger partial charge in [-0.3, -0.25) is 0 Å². The molecule has 0 fully saturated rings. The number of carbonyl (C=O) groups is 1. The normalized spacial score (nSPS) is 10.0. The number of hydrogen-bond acceptors (Lipinski definition) is 3. The Labute approximate surface area is 130 Å². The molecular formula is C18H20N2O2. The van der Waals surface area contributed by atoms with Crippen molar-refractivity contribution < 1.29 is 9.53 Å². The third kappa shape index (κ3) is 4.12. The van der Waals surface area contributed by atoms with Crippen molar-refractivity contribution >= 4 is 11.7 Å². The summed E-state index contributed by atoms with van der Waals surface area (Å²) < 4.78 is 5.30. The van der Waals surface area contributed by atoms with Crippen molar-refractivity contribution in [3.8, 4) is 0 Å². The number of nitrogens with one attached hydrogen (secondary N) is 1. The number of aromatic nitrogens is 1. The first-order valence-electron chi connectivity index (χ1n) is 7.10. The van der Waals surface area contributed by atoms with Gasteiger partial charge in [0.2, 0.25) is 0 Å². The zero-order chi connectivity index (χ0) is 15.8. The predicted molar refractivity (Wildman–Crippen MR) is 89.0 cm³/mol. The lowest BCUT2D eigenvalue weighted by molar-refractivity contribution is 0.0466. The van der Waals surface area contributed by atoms with E-state index in [1.807, 2.05) is 47.4 Å². The molecule has 1 aromatic heterocycles. The Kier molecular flexibility index (Phi) is 5.60. The van der Waals surface area contributed by atoms with Gasteiger partial charge in [0.1, 0.15) is 12.3 Å². The number of H-pyrrole nitrogens is 1. The summed E-state index contributed by atoms with van der Waals surface area (Å²) in [7, 11) is 0. The monoisotopic (exact) mass is 296 g/mol. The summed E-state index contributed by atoms with van der Waals surface area (Å²) in [5.41, 5.74) is 2.30. The summed E-state index contributed by atoms with van der Waals surface area (Å²) in [6.07, 6.45) is 5.40. The number of nitrogens with zero attached hydrogens (tertiary/aromatic N) is 1. The number of anilines is 1. The van der Waals surface area contributed by atoms with Crippen molar-refractivity contribution in [2.45, 2.75) is 6.61 Å². The van der Waals surface area contributed by atoms with Crippen molar-refractivity contribution in [3.63, 3.8) is 0 Å². The molecular weight excluding hydrogens is 276 g/mol. The molecule has 0 spiro atoms. The number of aromatic amines is 1. The first-order valence-corrected chi connectivity index (χ1v) is 7.10. The van der Waals surface area contributed by atoms with E-state index in [0.29, 0.717) is 18.8 Å². The molecule has 0 amide bonds. The highest BCUT2D eigenvalue weighted by molar-refractivity contribution is 5.88. The highest BCUT2D eigenvalue weighted by Gasteiger charge is 2.13. The van der Waals surface area contributed by atoms with Crippen LogP contribution in [0.1, 0.15) is 16.1 Å². The summed E-state index contributed by atoms with van der Waals surface area (Å²) in [4.78, 5) is 17.1. The minimum Gasteiger partial charge on any atom is -0.456 e. The maximum Gasteiger partial charge on any atom is 0.355 e. The largest absolute Gasteiger partial charge is 0.456 e. The fourth-order valence-corrected chi connectivity index (χ4v) is 2.08. The van der Waals surface area contributed by atoms with Crippen LogP contribution in [0.3, 0.4) is 0 Å². The third-order valence-corrected chi connectivity index (χ3v) is 3.16. The number of rotatable bonds is 8. The van der Waals surface area contributed by atoms with Gasteiger partial charge in [0, 0.05) is 19.3 Å². The number of hydrogen-bond donors (Lipinski definition) is 1. The lowest BCUT2D eigenvalue weighted by Crippen LogP contribution is -2.22. The Balaban J connectivity index is 1.99. The maximum absolute atomic E-state index is 12.1. The molecule has 22 heavy (non-hydrogen) atoms. The van der Waals surface area contributed by atoms with Gasteiger partial charge < -0.3 is 14.6 Å². The van der Waals surface area contributed by atoms with Crippen LogP contribution in [0.2, 0.25) is 0 Å². The second-order valence-electron chi connectivity index (χ2n) is 4.82. The molecule has 2 rings (SSSR count). The third-order valence-electron chi connectivity index (χ3n) is 3.16. The second kappa shape index (κ2) is 7.88. The van der Waals surface area contributed by atoms with E-state index in [1.165, 1.54) is 0 Å². The van der Waals surface area contributed by atoms with Crippen molar-refractivity contribution in [3.05, 3.63) is 79.2 Å². The van der Waals surface area contributed by atoms with Crippen molar-refractivity contribution in [1.82, 2.24) is 4.98 Å². The van der Waals surface area contributed by atoms with E-state index in [9.17, 15) is 4.79 Å². The lowest BCUT2D eigenvalue weighted by atomic mass is 10.2. The number of esters is 1. The fourth-order valence-electron chi connectivity index (χ4n) is 2.08. The highest BCUT2D eigenvalue weighted by Crippen LogP contribution is 2.17. The van der Waals surface area contributed by atoms with Crippen molar-refractivity contribution in [2.75, 3.05) is 18.0 Å². The van der Waals surface area contributed by atoms with Crippen LogP contribution in [0.5, 0.6) is 0 Å². The number of carbonyl (C=O) groups excluding carboxylic acids is 1. The van der Waals surface area contributed by atoms with Crippen LogP contribution in [0.25, 0.3) is 0 Å². The van der Waals surface area contributed by atoms with Gasteiger partial charge in [0.25, 0.3) is 0 Å². The van der Waals surface area contributed by atoms with Gasteiger partial charge in [0.15, 0.2) is 0 Å². The van der Waals surface area contributed by atoms with Gasteiger partial charge in [-0.25, -0.2) is 4.79 Å². The molecule has 0 unspecified atom stereocenters. The Morgan fingerprint density at radius 2 is 1.86 bits per heavy atom. The SMILES string of the molecule is C=CCN(CC=C)c1c[nH]c(C(=O)OCc2ccccc2)c1. The maximum atomic E-state index is 12.1. The van der Waals surface area contributed by atoms with Crippen LogP contribution in [-0.2, 0) is 11.3 Å². The first-order chi connectivity index (χ1) is 10.7. The minimum absolute atomic E-state index is 0.261. The molecule has 0 saturated carbocycles. The summed E-state index contributed by atoms with van der Waals surface area (Å²) in [6.45, 7) is 9.10. The lowest BCUT2D eigenvalue weighted by Gasteiger charge is -2.19. The zero-order valence-corrected chi connectivity index (χ0v) is 12.5. The quantitative estimate of drug-likeness (QED) is 0.598. The van der Waals surface area contributed by atoms with Crippen LogP contribution >= 0.6 is 0 Å². The summed E-state index contributed by atoms with van der Waals surface area (Å²) >= 11 is 0. The van der Waals surface area contributed by atoms with Gasteiger partial charge in [-0.15, -0.1) is 13.2 Å². The van der Waals surface area contributed by atoms with E-state index in [0.717, 1.165) is 11.3 Å². The predicted octanol–water partition coefficient (Wildman–Crippen LogP) is 3.55. The Morgan fingerprint density at radius 1 is 1.18 bits per heavy atom. The molecule has 4 nitrogen and oxygen atoms in total. The molecule has 1 aromatic carbocycles. The molecule has 0 atom stereocenters. The fraction of sp³-hybridized carbons (Fsp3) is 0.167. The molecule has 0 aliphatic heterocycles. The van der Waals surface area contributed by atoms with Gasteiger partial charge in [-0.1, -0.05) is 42.5 Å². The van der Waals surface area contributed by atoms with E-state index in [2.05, 4.69) is 18.1 Å². The molecule has 114 valence electrons. The molecule has 1 heterocycles. The Bertz CT molecular complexity index is 622. The molecule has 0 aliphatic carbocycles. The number of ether oxygens (including phenoxy) is 1. The molecule has 0 bridgehead atoms. The van der Waals surface area contributed by atoms with Crippen LogP contribution in [0, 0.1) is 0 Å². The second-order valence-corrected chi connectivity index (χ2v) is 4.82. The molecule has 0 radical (unpaired) electrons. The molecule has 0 saturated heterocycles. The molecule has 0 aliphatic rings. The highest BCUT2D eigenvalue weighted by atomic mass is 16.5. The summed E-state index contributed by atoms with van der Waals surface area (Å²) in [6, 6.07) is 11.4. The van der Waals surface area contributed by atoms with Crippen molar-refractivity contribution in [1.29, 1.82) is 0 Å². The van der Waals surface area contributed by atoms with Gasteiger partial charge >= 0.3 is 5.97 Å².